The summed E-state index contributed by atoms with van der Waals surface area (Å²) in [6, 6.07) is 2.53. The van der Waals surface area contributed by atoms with Crippen LogP contribution in [0.5, 0.6) is 5.75 Å². The quantitative estimate of drug-likeness (QED) is 0.851. The lowest BCUT2D eigenvalue weighted by Crippen LogP contribution is -2.12. The second-order valence-corrected chi connectivity index (χ2v) is 2.64. The molecule has 0 aliphatic carbocycles. The van der Waals surface area contributed by atoms with E-state index >= 15 is 0 Å². The van der Waals surface area contributed by atoms with Crippen molar-refractivity contribution in [2.24, 2.45) is 5.73 Å². The van der Waals surface area contributed by atoms with E-state index in [2.05, 4.69) is 0 Å². The molecule has 80 valence electrons. The number of rotatable bonds is 3. The zero-order valence-electron chi connectivity index (χ0n) is 7.72. The van der Waals surface area contributed by atoms with Gasteiger partial charge in [0.2, 0.25) is 0 Å². The van der Waals surface area contributed by atoms with Gasteiger partial charge in [-0.1, -0.05) is 6.07 Å². The number of ether oxygens (including phenoxy) is 1. The lowest BCUT2D eigenvalue weighted by atomic mass is 10.2. The second-order valence-electron chi connectivity index (χ2n) is 2.64. The van der Waals surface area contributed by atoms with E-state index in [0.29, 0.717) is 5.56 Å². The molecule has 2 nitrogen and oxygen atoms in total. The normalized spacial score (nSPS) is 9.43. The molecule has 2 N–H and O–H groups in total. The zero-order valence-corrected chi connectivity index (χ0v) is 8.54. The highest BCUT2D eigenvalue weighted by atomic mass is 35.5. The molecule has 0 bridgehead atoms. The fraction of sp³-hybridized carbons (Fsp3) is 0.333. The second kappa shape index (κ2) is 5.78. The van der Waals surface area contributed by atoms with Crippen LogP contribution in [0.1, 0.15) is 5.56 Å². The summed E-state index contributed by atoms with van der Waals surface area (Å²) in [7, 11) is 0. The minimum Gasteiger partial charge on any atom is -0.486 e. The SMILES string of the molecule is Cc1ccc(F)c(OCCN)c1F.Cl. The maximum atomic E-state index is 13.2. The summed E-state index contributed by atoms with van der Waals surface area (Å²) in [6.45, 7) is 1.88. The Bertz CT molecular complexity index is 307. The predicted octanol–water partition coefficient (Wildman–Crippen LogP) is 2.03. The van der Waals surface area contributed by atoms with Crippen LogP contribution < -0.4 is 10.5 Å². The maximum Gasteiger partial charge on any atom is 0.191 e. The van der Waals surface area contributed by atoms with Crippen molar-refractivity contribution in [3.63, 3.8) is 0 Å². The Balaban J connectivity index is 0.00000169. The summed E-state index contributed by atoms with van der Waals surface area (Å²) in [5.74, 6) is -1.70. The van der Waals surface area contributed by atoms with Crippen molar-refractivity contribution >= 4 is 12.4 Å². The molecular formula is C9H12ClF2NO. The Morgan fingerprint density at radius 2 is 2.00 bits per heavy atom. The summed E-state index contributed by atoms with van der Waals surface area (Å²) in [5.41, 5.74) is 5.50. The van der Waals surface area contributed by atoms with Gasteiger partial charge in [-0.15, -0.1) is 12.4 Å². The number of hydrogen-bond donors (Lipinski definition) is 1. The van der Waals surface area contributed by atoms with Gasteiger partial charge < -0.3 is 10.5 Å². The molecule has 0 unspecified atom stereocenters. The van der Waals surface area contributed by atoms with Gasteiger partial charge in [-0.05, 0) is 18.6 Å². The van der Waals surface area contributed by atoms with Crippen LogP contribution in [-0.4, -0.2) is 13.2 Å². The van der Waals surface area contributed by atoms with Gasteiger partial charge in [0.25, 0.3) is 0 Å². The fourth-order valence-corrected chi connectivity index (χ4v) is 0.924. The molecule has 0 amide bonds. The van der Waals surface area contributed by atoms with Crippen LogP contribution >= 0.6 is 12.4 Å². The molecule has 0 heterocycles. The van der Waals surface area contributed by atoms with Crippen molar-refractivity contribution in [2.45, 2.75) is 6.92 Å². The Morgan fingerprint density at radius 3 is 2.57 bits per heavy atom. The highest BCUT2D eigenvalue weighted by Gasteiger charge is 2.11. The molecule has 0 aromatic heterocycles. The molecule has 0 radical (unpaired) electrons. The third kappa shape index (κ3) is 2.82. The van der Waals surface area contributed by atoms with E-state index in [1.54, 1.807) is 6.92 Å². The lowest BCUT2D eigenvalue weighted by molar-refractivity contribution is 0.293. The molecule has 1 rings (SSSR count). The Kier molecular flexibility index (Phi) is 5.42. The smallest absolute Gasteiger partial charge is 0.191 e. The summed E-state index contributed by atoms with van der Waals surface area (Å²) in [5, 5.41) is 0. The van der Waals surface area contributed by atoms with Crippen molar-refractivity contribution in [1.29, 1.82) is 0 Å². The van der Waals surface area contributed by atoms with Crippen molar-refractivity contribution in [2.75, 3.05) is 13.2 Å². The van der Waals surface area contributed by atoms with E-state index in [4.69, 9.17) is 10.5 Å². The third-order valence-corrected chi connectivity index (χ3v) is 1.61. The molecule has 1 aromatic rings. The number of hydrogen-bond acceptors (Lipinski definition) is 2. The average Bonchev–Trinajstić information content (AvgIpc) is 2.12. The fourth-order valence-electron chi connectivity index (χ4n) is 0.924. The predicted molar refractivity (Wildman–Crippen MR) is 52.9 cm³/mol. The van der Waals surface area contributed by atoms with E-state index in [1.165, 1.54) is 12.1 Å². The van der Waals surface area contributed by atoms with E-state index < -0.39 is 11.6 Å². The molecule has 1 aromatic carbocycles. The van der Waals surface area contributed by atoms with Crippen LogP contribution in [0.15, 0.2) is 12.1 Å². The first-order valence-electron chi connectivity index (χ1n) is 3.94. The standard InChI is InChI=1S/C9H11F2NO.ClH/c1-6-2-3-7(10)9(8(6)11)13-5-4-12;/h2-3H,4-5,12H2,1H3;1H. The minimum atomic E-state index is -0.698. The van der Waals surface area contributed by atoms with Crippen LogP contribution in [0, 0.1) is 18.6 Å². The first-order chi connectivity index (χ1) is 6.16. The van der Waals surface area contributed by atoms with Gasteiger partial charge in [0, 0.05) is 6.54 Å². The zero-order chi connectivity index (χ0) is 9.84. The Hall–Kier alpha value is -0.870. The highest BCUT2D eigenvalue weighted by molar-refractivity contribution is 5.85. The van der Waals surface area contributed by atoms with Crippen LogP contribution in [0.3, 0.4) is 0 Å². The van der Waals surface area contributed by atoms with Gasteiger partial charge in [-0.3, -0.25) is 0 Å². The van der Waals surface area contributed by atoms with E-state index in [1.807, 2.05) is 0 Å². The van der Waals surface area contributed by atoms with Gasteiger partial charge in [0.1, 0.15) is 6.61 Å². The third-order valence-electron chi connectivity index (χ3n) is 1.61. The molecule has 0 saturated heterocycles. The van der Waals surface area contributed by atoms with Gasteiger partial charge in [0.15, 0.2) is 17.4 Å². The number of benzene rings is 1. The van der Waals surface area contributed by atoms with Crippen molar-refractivity contribution in [3.05, 3.63) is 29.3 Å². The van der Waals surface area contributed by atoms with Crippen molar-refractivity contribution < 1.29 is 13.5 Å². The van der Waals surface area contributed by atoms with Gasteiger partial charge in [0.05, 0.1) is 0 Å². The van der Waals surface area contributed by atoms with E-state index in [0.717, 1.165) is 0 Å². The molecule has 0 aliphatic rings. The van der Waals surface area contributed by atoms with Gasteiger partial charge in [-0.2, -0.15) is 0 Å². The highest BCUT2D eigenvalue weighted by Crippen LogP contribution is 2.23. The first kappa shape index (κ1) is 13.1. The first-order valence-corrected chi connectivity index (χ1v) is 3.94. The summed E-state index contributed by atoms with van der Waals surface area (Å²) in [4.78, 5) is 0. The molecule has 14 heavy (non-hydrogen) atoms. The summed E-state index contributed by atoms with van der Waals surface area (Å²) in [6.07, 6.45) is 0. The monoisotopic (exact) mass is 223 g/mol. The maximum absolute atomic E-state index is 13.2. The summed E-state index contributed by atoms with van der Waals surface area (Å²) >= 11 is 0. The van der Waals surface area contributed by atoms with Crippen molar-refractivity contribution in [3.8, 4) is 5.75 Å². The van der Waals surface area contributed by atoms with Crippen LogP contribution in [0.2, 0.25) is 0 Å². The molecule has 0 aliphatic heterocycles. The topological polar surface area (TPSA) is 35.2 Å². The summed E-state index contributed by atoms with van der Waals surface area (Å²) < 4.78 is 31.0. The van der Waals surface area contributed by atoms with Crippen LogP contribution in [0.4, 0.5) is 8.78 Å². The van der Waals surface area contributed by atoms with Gasteiger partial charge in [-0.25, -0.2) is 8.78 Å². The Morgan fingerprint density at radius 1 is 1.36 bits per heavy atom. The molecule has 5 heteroatoms. The molecule has 0 atom stereocenters. The van der Waals surface area contributed by atoms with Crippen LogP contribution in [0.25, 0.3) is 0 Å². The minimum absolute atomic E-state index is 0. The van der Waals surface area contributed by atoms with E-state index in [-0.39, 0.29) is 31.3 Å². The Labute approximate surface area is 87.5 Å². The molecule has 0 saturated carbocycles. The molecular weight excluding hydrogens is 212 g/mol. The van der Waals surface area contributed by atoms with Crippen LogP contribution in [-0.2, 0) is 0 Å². The number of nitrogens with two attached hydrogens (primary N) is 1. The largest absolute Gasteiger partial charge is 0.486 e. The molecule has 0 spiro atoms. The average molecular weight is 224 g/mol. The number of halogens is 3. The number of aryl methyl sites for hydroxylation is 1. The van der Waals surface area contributed by atoms with Gasteiger partial charge >= 0.3 is 0 Å². The lowest BCUT2D eigenvalue weighted by Gasteiger charge is -2.08. The molecule has 0 fully saturated rings. The van der Waals surface area contributed by atoms with Crippen molar-refractivity contribution in [1.82, 2.24) is 0 Å². The van der Waals surface area contributed by atoms with E-state index in [9.17, 15) is 8.78 Å².